The second-order valence-corrected chi connectivity index (χ2v) is 5.43. The predicted octanol–water partition coefficient (Wildman–Crippen LogP) is 4.39. The predicted molar refractivity (Wildman–Crippen MR) is 90.5 cm³/mol. The van der Waals surface area contributed by atoms with Crippen molar-refractivity contribution in [2.24, 2.45) is 0 Å². The molecule has 2 aromatic carbocycles. The molecule has 0 aromatic heterocycles. The SMILES string of the molecule is CC[C@H](C)c1ccccc1NC(=O)Cc1ccccc1OC. The van der Waals surface area contributed by atoms with E-state index in [-0.39, 0.29) is 5.91 Å². The van der Waals surface area contributed by atoms with Crippen LogP contribution in [-0.2, 0) is 11.2 Å². The van der Waals surface area contributed by atoms with Gasteiger partial charge in [0.2, 0.25) is 5.91 Å². The average Bonchev–Trinajstić information content (AvgIpc) is 2.55. The van der Waals surface area contributed by atoms with Crippen LogP contribution < -0.4 is 10.1 Å². The third kappa shape index (κ3) is 3.88. The number of anilines is 1. The van der Waals surface area contributed by atoms with Gasteiger partial charge in [0.15, 0.2) is 0 Å². The van der Waals surface area contributed by atoms with Crippen molar-refractivity contribution in [3.05, 3.63) is 59.7 Å². The van der Waals surface area contributed by atoms with Gasteiger partial charge in [-0.2, -0.15) is 0 Å². The fourth-order valence-corrected chi connectivity index (χ4v) is 2.48. The quantitative estimate of drug-likeness (QED) is 0.858. The first kappa shape index (κ1) is 16.1. The number of hydrogen-bond acceptors (Lipinski definition) is 2. The number of amides is 1. The molecule has 1 amide bonds. The highest BCUT2D eigenvalue weighted by atomic mass is 16.5. The molecule has 3 heteroatoms. The first-order chi connectivity index (χ1) is 10.7. The van der Waals surface area contributed by atoms with Gasteiger partial charge in [0, 0.05) is 11.3 Å². The molecular formula is C19H23NO2. The molecule has 116 valence electrons. The lowest BCUT2D eigenvalue weighted by Crippen LogP contribution is -2.16. The van der Waals surface area contributed by atoms with Crippen LogP contribution in [0.4, 0.5) is 5.69 Å². The Labute approximate surface area is 132 Å². The third-order valence-electron chi connectivity index (χ3n) is 3.92. The van der Waals surface area contributed by atoms with Crippen LogP contribution in [-0.4, -0.2) is 13.0 Å². The van der Waals surface area contributed by atoms with Gasteiger partial charge in [-0.1, -0.05) is 50.2 Å². The highest BCUT2D eigenvalue weighted by Crippen LogP contribution is 2.27. The molecule has 1 atom stereocenters. The summed E-state index contributed by atoms with van der Waals surface area (Å²) in [6.45, 7) is 4.32. The van der Waals surface area contributed by atoms with Gasteiger partial charge >= 0.3 is 0 Å². The molecule has 2 aromatic rings. The molecule has 0 radical (unpaired) electrons. The number of hydrogen-bond donors (Lipinski definition) is 1. The number of rotatable bonds is 6. The zero-order valence-electron chi connectivity index (χ0n) is 13.4. The maximum Gasteiger partial charge on any atom is 0.228 e. The van der Waals surface area contributed by atoms with Crippen molar-refractivity contribution in [2.75, 3.05) is 12.4 Å². The van der Waals surface area contributed by atoms with Crippen molar-refractivity contribution in [1.29, 1.82) is 0 Å². The van der Waals surface area contributed by atoms with E-state index >= 15 is 0 Å². The summed E-state index contributed by atoms with van der Waals surface area (Å²) in [5, 5.41) is 3.03. The minimum absolute atomic E-state index is 0.0275. The Morgan fingerprint density at radius 3 is 2.55 bits per heavy atom. The molecule has 0 aliphatic heterocycles. The molecule has 0 bridgehead atoms. The van der Waals surface area contributed by atoms with Gasteiger partial charge in [0.1, 0.15) is 5.75 Å². The molecule has 0 saturated heterocycles. The summed E-state index contributed by atoms with van der Waals surface area (Å²) in [4.78, 5) is 12.3. The summed E-state index contributed by atoms with van der Waals surface area (Å²) in [6, 6.07) is 15.6. The highest BCUT2D eigenvalue weighted by molar-refractivity contribution is 5.93. The van der Waals surface area contributed by atoms with Gasteiger partial charge < -0.3 is 10.1 Å². The number of ether oxygens (including phenoxy) is 1. The Hall–Kier alpha value is -2.29. The Kier molecular flexibility index (Phi) is 5.59. The van der Waals surface area contributed by atoms with Crippen LogP contribution in [0.5, 0.6) is 5.75 Å². The minimum Gasteiger partial charge on any atom is -0.496 e. The van der Waals surface area contributed by atoms with Crippen LogP contribution in [0.2, 0.25) is 0 Å². The van der Waals surface area contributed by atoms with Crippen molar-refractivity contribution < 1.29 is 9.53 Å². The van der Waals surface area contributed by atoms with Crippen molar-refractivity contribution in [3.63, 3.8) is 0 Å². The molecule has 0 spiro atoms. The maximum atomic E-state index is 12.3. The average molecular weight is 297 g/mol. The van der Waals surface area contributed by atoms with Crippen LogP contribution in [0, 0.1) is 0 Å². The number of benzene rings is 2. The Bertz CT molecular complexity index is 637. The van der Waals surface area contributed by atoms with Crippen LogP contribution in [0.1, 0.15) is 37.3 Å². The van der Waals surface area contributed by atoms with Crippen molar-refractivity contribution in [2.45, 2.75) is 32.6 Å². The first-order valence-electron chi connectivity index (χ1n) is 7.66. The number of para-hydroxylation sites is 2. The fourth-order valence-electron chi connectivity index (χ4n) is 2.48. The molecule has 3 nitrogen and oxygen atoms in total. The number of carbonyl (C=O) groups is 1. The second kappa shape index (κ2) is 7.64. The van der Waals surface area contributed by atoms with E-state index in [4.69, 9.17) is 4.74 Å². The van der Waals surface area contributed by atoms with Gasteiger partial charge in [0.25, 0.3) is 0 Å². The molecule has 1 N–H and O–H groups in total. The second-order valence-electron chi connectivity index (χ2n) is 5.43. The van der Waals surface area contributed by atoms with Crippen molar-refractivity contribution in [1.82, 2.24) is 0 Å². The maximum absolute atomic E-state index is 12.3. The summed E-state index contributed by atoms with van der Waals surface area (Å²) in [6.07, 6.45) is 1.35. The third-order valence-corrected chi connectivity index (χ3v) is 3.92. The normalized spacial score (nSPS) is 11.8. The van der Waals surface area contributed by atoms with E-state index in [1.807, 2.05) is 42.5 Å². The molecule has 0 heterocycles. The molecule has 2 rings (SSSR count). The van der Waals surface area contributed by atoms with E-state index in [2.05, 4.69) is 25.2 Å². The van der Waals surface area contributed by atoms with Crippen LogP contribution >= 0.6 is 0 Å². The molecule has 0 unspecified atom stereocenters. The Balaban J connectivity index is 2.13. The molecule has 0 aliphatic rings. The molecular weight excluding hydrogens is 274 g/mol. The standard InChI is InChI=1S/C19H23NO2/c1-4-14(2)16-10-6-7-11-17(16)20-19(21)13-15-9-5-8-12-18(15)22-3/h5-12,14H,4,13H2,1-3H3,(H,20,21)/t14-/m0/s1. The van der Waals surface area contributed by atoms with Crippen LogP contribution in [0.25, 0.3) is 0 Å². The summed E-state index contributed by atoms with van der Waals surface area (Å²) in [7, 11) is 1.62. The monoisotopic (exact) mass is 297 g/mol. The van der Waals surface area contributed by atoms with E-state index in [1.54, 1.807) is 7.11 Å². The van der Waals surface area contributed by atoms with Gasteiger partial charge in [-0.3, -0.25) is 4.79 Å². The summed E-state index contributed by atoms with van der Waals surface area (Å²) < 4.78 is 5.30. The van der Waals surface area contributed by atoms with Gasteiger partial charge in [-0.25, -0.2) is 0 Å². The number of nitrogens with one attached hydrogen (secondary N) is 1. The topological polar surface area (TPSA) is 38.3 Å². The molecule has 0 fully saturated rings. The van der Waals surface area contributed by atoms with E-state index < -0.39 is 0 Å². The first-order valence-corrected chi connectivity index (χ1v) is 7.66. The van der Waals surface area contributed by atoms with Crippen molar-refractivity contribution in [3.8, 4) is 5.75 Å². The van der Waals surface area contributed by atoms with Crippen LogP contribution in [0.15, 0.2) is 48.5 Å². The largest absolute Gasteiger partial charge is 0.496 e. The zero-order valence-corrected chi connectivity index (χ0v) is 13.4. The lowest BCUT2D eigenvalue weighted by molar-refractivity contribution is -0.115. The molecule has 0 aliphatic carbocycles. The van der Waals surface area contributed by atoms with E-state index in [1.165, 1.54) is 5.56 Å². The van der Waals surface area contributed by atoms with Gasteiger partial charge in [-0.05, 0) is 30.0 Å². The zero-order chi connectivity index (χ0) is 15.9. The lowest BCUT2D eigenvalue weighted by Gasteiger charge is -2.16. The number of carbonyl (C=O) groups excluding carboxylic acids is 1. The molecule has 0 saturated carbocycles. The van der Waals surface area contributed by atoms with E-state index in [0.29, 0.717) is 12.3 Å². The summed E-state index contributed by atoms with van der Waals surface area (Å²) >= 11 is 0. The van der Waals surface area contributed by atoms with E-state index in [9.17, 15) is 4.79 Å². The minimum atomic E-state index is -0.0275. The number of methoxy groups -OCH3 is 1. The van der Waals surface area contributed by atoms with Crippen LogP contribution in [0.3, 0.4) is 0 Å². The fraction of sp³-hybridized carbons (Fsp3) is 0.316. The summed E-state index contributed by atoms with van der Waals surface area (Å²) in [5.74, 6) is 1.14. The summed E-state index contributed by atoms with van der Waals surface area (Å²) in [5.41, 5.74) is 2.97. The smallest absolute Gasteiger partial charge is 0.228 e. The Morgan fingerprint density at radius 2 is 1.82 bits per heavy atom. The van der Waals surface area contributed by atoms with Crippen molar-refractivity contribution >= 4 is 11.6 Å². The van der Waals surface area contributed by atoms with Gasteiger partial charge in [-0.15, -0.1) is 0 Å². The lowest BCUT2D eigenvalue weighted by atomic mass is 9.97. The molecule has 22 heavy (non-hydrogen) atoms. The highest BCUT2D eigenvalue weighted by Gasteiger charge is 2.12. The Morgan fingerprint density at radius 1 is 1.14 bits per heavy atom. The van der Waals surface area contributed by atoms with Gasteiger partial charge in [0.05, 0.1) is 13.5 Å². The van der Waals surface area contributed by atoms with E-state index in [0.717, 1.165) is 23.4 Å².